The molecule has 1 atom stereocenters. The van der Waals surface area contributed by atoms with E-state index in [0.29, 0.717) is 16.0 Å². The van der Waals surface area contributed by atoms with Gasteiger partial charge in [0.1, 0.15) is 5.15 Å². The van der Waals surface area contributed by atoms with E-state index in [1.54, 1.807) is 18.5 Å². The number of aryl methyl sites for hydroxylation is 1. The summed E-state index contributed by atoms with van der Waals surface area (Å²) in [4.78, 5) is 8.28. The van der Waals surface area contributed by atoms with Crippen molar-refractivity contribution in [3.63, 3.8) is 0 Å². The normalized spacial score (nSPS) is 14.1. The van der Waals surface area contributed by atoms with Crippen LogP contribution in [-0.4, -0.2) is 20.4 Å². The van der Waals surface area contributed by atoms with Crippen LogP contribution in [0.2, 0.25) is 5.15 Å². The van der Waals surface area contributed by atoms with Crippen molar-refractivity contribution in [3.8, 4) is 0 Å². The summed E-state index contributed by atoms with van der Waals surface area (Å²) >= 11 is 7.14. The second-order valence-electron chi connectivity index (χ2n) is 4.16. The van der Waals surface area contributed by atoms with Crippen LogP contribution in [0, 0.1) is 0 Å². The molecule has 0 amide bonds. The first-order chi connectivity index (χ1) is 8.98. The molecule has 4 nitrogen and oxygen atoms in total. The molecule has 0 aliphatic heterocycles. The summed E-state index contributed by atoms with van der Waals surface area (Å²) in [6.07, 6.45) is 4.12. The van der Waals surface area contributed by atoms with Crippen LogP contribution >= 0.6 is 22.9 Å². The number of aromatic nitrogens is 2. The zero-order valence-corrected chi connectivity index (χ0v) is 13.1. The lowest BCUT2D eigenvalue weighted by atomic mass is 10.3. The van der Waals surface area contributed by atoms with E-state index >= 15 is 0 Å². The number of thiazole rings is 1. The highest BCUT2D eigenvalue weighted by molar-refractivity contribution is 7.92. The molecular formula is C12H14ClN3OS2. The molecule has 0 bridgehead atoms. The lowest BCUT2D eigenvalue weighted by molar-refractivity contribution is 0.680. The summed E-state index contributed by atoms with van der Waals surface area (Å²) in [5.41, 5.74) is 1.83. The molecule has 102 valence electrons. The first kappa shape index (κ1) is 14.4. The first-order valence-corrected chi connectivity index (χ1v) is 9.08. The lowest BCUT2D eigenvalue weighted by Gasteiger charge is -2.03. The van der Waals surface area contributed by atoms with E-state index in [9.17, 15) is 4.21 Å². The van der Waals surface area contributed by atoms with Gasteiger partial charge in [0.2, 0.25) is 5.13 Å². The molecule has 2 rings (SSSR count). The number of rotatable bonds is 4. The smallest absolute Gasteiger partial charge is 0.217 e. The van der Waals surface area contributed by atoms with Gasteiger partial charge in [0.25, 0.3) is 0 Å². The molecule has 7 heteroatoms. The molecule has 0 fully saturated rings. The third kappa shape index (κ3) is 4.26. The Bertz CT molecular complexity index is 673. The van der Waals surface area contributed by atoms with Gasteiger partial charge >= 0.3 is 0 Å². The molecule has 0 aliphatic carbocycles. The number of nitrogens with zero attached hydrogens (tertiary/aromatic N) is 3. The van der Waals surface area contributed by atoms with Crippen LogP contribution in [0.5, 0.6) is 0 Å². The van der Waals surface area contributed by atoms with Gasteiger partial charge in [0.15, 0.2) is 0 Å². The van der Waals surface area contributed by atoms with Crippen molar-refractivity contribution in [3.05, 3.63) is 40.1 Å². The predicted molar refractivity (Wildman–Crippen MR) is 80.6 cm³/mol. The number of halogens is 1. The highest BCUT2D eigenvalue weighted by Crippen LogP contribution is 2.22. The van der Waals surface area contributed by atoms with Crippen LogP contribution in [-0.2, 0) is 21.9 Å². The SMILES string of the molecule is CCc1csc(N=S(C)(=O)Cc2ccc(Cl)nc2)n1. The van der Waals surface area contributed by atoms with E-state index in [2.05, 4.69) is 14.3 Å². The molecule has 0 aliphatic rings. The number of hydrogen-bond acceptors (Lipinski definition) is 5. The Morgan fingerprint density at radius 3 is 2.84 bits per heavy atom. The fourth-order valence-corrected chi connectivity index (χ4v) is 4.11. The van der Waals surface area contributed by atoms with Crippen LogP contribution < -0.4 is 0 Å². The van der Waals surface area contributed by atoms with Gasteiger partial charge in [0.05, 0.1) is 21.2 Å². The van der Waals surface area contributed by atoms with Gasteiger partial charge in [-0.2, -0.15) is 4.36 Å². The zero-order valence-electron chi connectivity index (χ0n) is 10.7. The minimum Gasteiger partial charge on any atom is -0.249 e. The van der Waals surface area contributed by atoms with Crippen molar-refractivity contribution in [2.24, 2.45) is 4.36 Å². The molecule has 2 heterocycles. The van der Waals surface area contributed by atoms with Crippen molar-refractivity contribution in [2.75, 3.05) is 6.26 Å². The Morgan fingerprint density at radius 1 is 1.47 bits per heavy atom. The van der Waals surface area contributed by atoms with Crippen LogP contribution in [0.1, 0.15) is 18.2 Å². The third-order valence-electron chi connectivity index (χ3n) is 2.40. The Morgan fingerprint density at radius 2 is 2.26 bits per heavy atom. The van der Waals surface area contributed by atoms with Crippen molar-refractivity contribution in [1.82, 2.24) is 9.97 Å². The molecular weight excluding hydrogens is 302 g/mol. The Labute approximate surface area is 122 Å². The quantitative estimate of drug-likeness (QED) is 0.809. The van der Waals surface area contributed by atoms with Crippen LogP contribution in [0.15, 0.2) is 28.1 Å². The monoisotopic (exact) mass is 315 g/mol. The summed E-state index contributed by atoms with van der Waals surface area (Å²) in [6, 6.07) is 3.50. The van der Waals surface area contributed by atoms with Gasteiger partial charge in [-0.15, -0.1) is 11.3 Å². The van der Waals surface area contributed by atoms with Gasteiger partial charge in [0, 0.05) is 17.8 Å². The summed E-state index contributed by atoms with van der Waals surface area (Å²) < 4.78 is 16.7. The minimum atomic E-state index is -2.36. The van der Waals surface area contributed by atoms with Crippen LogP contribution in [0.3, 0.4) is 0 Å². The third-order valence-corrected chi connectivity index (χ3v) is 4.95. The molecule has 19 heavy (non-hydrogen) atoms. The van der Waals surface area contributed by atoms with Crippen molar-refractivity contribution < 1.29 is 4.21 Å². The van der Waals surface area contributed by atoms with Gasteiger partial charge in [-0.05, 0) is 18.1 Å². The van der Waals surface area contributed by atoms with Crippen LogP contribution in [0.4, 0.5) is 5.13 Å². The molecule has 0 radical (unpaired) electrons. The first-order valence-electron chi connectivity index (χ1n) is 5.73. The van der Waals surface area contributed by atoms with Crippen molar-refractivity contribution in [2.45, 2.75) is 19.1 Å². The van der Waals surface area contributed by atoms with Crippen LogP contribution in [0.25, 0.3) is 0 Å². The van der Waals surface area contributed by atoms with E-state index in [1.807, 2.05) is 18.4 Å². The molecule has 0 aromatic carbocycles. The topological polar surface area (TPSA) is 55.2 Å². The van der Waals surface area contributed by atoms with E-state index < -0.39 is 9.73 Å². The summed E-state index contributed by atoms with van der Waals surface area (Å²) in [5, 5.41) is 2.94. The fraction of sp³-hybridized carbons (Fsp3) is 0.333. The van der Waals surface area contributed by atoms with Gasteiger partial charge < -0.3 is 0 Å². The summed E-state index contributed by atoms with van der Waals surface area (Å²) in [5.74, 6) is 0.345. The molecule has 2 aromatic heterocycles. The van der Waals surface area contributed by atoms with E-state index in [1.165, 1.54) is 11.3 Å². The summed E-state index contributed by atoms with van der Waals surface area (Å²) in [7, 11) is -2.36. The second kappa shape index (κ2) is 5.98. The minimum absolute atomic E-state index is 0.345. The fourth-order valence-electron chi connectivity index (χ4n) is 1.50. The molecule has 0 N–H and O–H groups in total. The highest BCUT2D eigenvalue weighted by atomic mass is 35.5. The van der Waals surface area contributed by atoms with Gasteiger partial charge in [-0.25, -0.2) is 14.2 Å². The summed E-state index contributed by atoms with van der Waals surface area (Å²) in [6.45, 7) is 2.03. The lowest BCUT2D eigenvalue weighted by Crippen LogP contribution is -2.01. The molecule has 0 saturated heterocycles. The largest absolute Gasteiger partial charge is 0.249 e. The molecule has 0 saturated carbocycles. The van der Waals surface area contributed by atoms with Gasteiger partial charge in [-0.1, -0.05) is 24.6 Å². The number of hydrogen-bond donors (Lipinski definition) is 0. The average Bonchev–Trinajstić information content (AvgIpc) is 2.78. The van der Waals surface area contributed by atoms with Gasteiger partial charge in [-0.3, -0.25) is 0 Å². The number of pyridine rings is 1. The second-order valence-corrected chi connectivity index (χ2v) is 7.77. The maximum absolute atomic E-state index is 12.4. The maximum Gasteiger partial charge on any atom is 0.217 e. The standard InChI is InChI=1S/C12H14ClN3OS2/c1-3-10-7-18-12(15-10)16-19(2,17)8-9-4-5-11(13)14-6-9/h4-7H,3,8H2,1-2H3. The maximum atomic E-state index is 12.4. The Kier molecular flexibility index (Phi) is 4.54. The zero-order chi connectivity index (χ0) is 13.9. The highest BCUT2D eigenvalue weighted by Gasteiger charge is 2.07. The molecule has 0 spiro atoms. The van der Waals surface area contributed by atoms with E-state index in [0.717, 1.165) is 17.7 Å². The predicted octanol–water partition coefficient (Wildman–Crippen LogP) is 3.68. The molecule has 1 unspecified atom stereocenters. The Hall–Kier alpha value is -0.980. The van der Waals surface area contributed by atoms with E-state index in [4.69, 9.17) is 11.6 Å². The van der Waals surface area contributed by atoms with Crippen molar-refractivity contribution >= 4 is 37.8 Å². The average molecular weight is 316 g/mol. The van der Waals surface area contributed by atoms with E-state index in [-0.39, 0.29) is 0 Å². The Balaban J connectivity index is 2.21. The van der Waals surface area contributed by atoms with Crippen molar-refractivity contribution in [1.29, 1.82) is 0 Å². The molecule has 2 aromatic rings.